The van der Waals surface area contributed by atoms with Crippen LogP contribution in [0.25, 0.3) is 0 Å². The van der Waals surface area contributed by atoms with Gasteiger partial charge in [-0.25, -0.2) is 0 Å². The highest BCUT2D eigenvalue weighted by Gasteiger charge is 2.20. The molecule has 0 aliphatic heterocycles. The van der Waals surface area contributed by atoms with Gasteiger partial charge in [0, 0.05) is 5.54 Å². The molecule has 3 heteroatoms. The van der Waals surface area contributed by atoms with Gasteiger partial charge in [0.05, 0.1) is 13.2 Å². The largest absolute Gasteiger partial charge is 0.494 e. The van der Waals surface area contributed by atoms with E-state index in [0.717, 1.165) is 25.0 Å². The molecule has 0 saturated heterocycles. The number of aliphatic hydroxyl groups is 1. The zero-order valence-corrected chi connectivity index (χ0v) is 11.7. The first kappa shape index (κ1) is 15.0. The number of rotatable bonds is 7. The summed E-state index contributed by atoms with van der Waals surface area (Å²) in [6.07, 6.45) is 2.43. The van der Waals surface area contributed by atoms with Crippen molar-refractivity contribution in [1.29, 1.82) is 0 Å². The quantitative estimate of drug-likeness (QED) is 0.732. The van der Waals surface area contributed by atoms with E-state index in [9.17, 15) is 5.11 Å². The van der Waals surface area contributed by atoms with E-state index in [-0.39, 0.29) is 6.61 Å². The highest BCUT2D eigenvalue weighted by molar-refractivity contribution is 5.32. The first-order chi connectivity index (χ1) is 8.49. The molecule has 0 aliphatic carbocycles. The maximum Gasteiger partial charge on any atom is 0.119 e. The maximum absolute atomic E-state index is 9.21. The second kappa shape index (κ2) is 6.76. The third-order valence-electron chi connectivity index (χ3n) is 3.30. The van der Waals surface area contributed by atoms with Crippen molar-refractivity contribution in [3.05, 3.63) is 29.3 Å². The molecule has 0 fully saturated rings. The zero-order valence-electron chi connectivity index (χ0n) is 11.7. The van der Waals surface area contributed by atoms with Crippen molar-refractivity contribution in [2.75, 3.05) is 13.2 Å². The number of aryl methyl sites for hydroxylation is 2. The lowest BCUT2D eigenvalue weighted by molar-refractivity contribution is 0.171. The summed E-state index contributed by atoms with van der Waals surface area (Å²) >= 11 is 0. The van der Waals surface area contributed by atoms with Crippen LogP contribution in [-0.2, 0) is 0 Å². The Morgan fingerprint density at radius 2 is 1.83 bits per heavy atom. The number of ether oxygens (including phenoxy) is 1. The van der Waals surface area contributed by atoms with E-state index in [4.69, 9.17) is 10.5 Å². The molecule has 0 saturated carbocycles. The minimum absolute atomic E-state index is 0.0348. The lowest BCUT2D eigenvalue weighted by Gasteiger charge is -2.25. The molecule has 0 heterocycles. The molecular formula is C15H25NO2. The molecule has 0 aromatic heterocycles. The molecule has 0 amide bonds. The maximum atomic E-state index is 9.21. The molecule has 1 atom stereocenters. The van der Waals surface area contributed by atoms with E-state index in [1.165, 1.54) is 11.1 Å². The molecule has 1 unspecified atom stereocenters. The molecule has 0 spiro atoms. The number of nitrogens with two attached hydrogens (primary N) is 1. The second-order valence-electron chi connectivity index (χ2n) is 5.15. The van der Waals surface area contributed by atoms with Crippen molar-refractivity contribution in [2.24, 2.45) is 5.73 Å². The van der Waals surface area contributed by atoms with Gasteiger partial charge in [-0.15, -0.1) is 0 Å². The number of aliphatic hydroxyl groups excluding tert-OH is 1. The van der Waals surface area contributed by atoms with Crippen LogP contribution in [0.5, 0.6) is 5.75 Å². The number of hydrogen-bond donors (Lipinski definition) is 2. The van der Waals surface area contributed by atoms with Crippen molar-refractivity contribution in [3.63, 3.8) is 0 Å². The molecule has 0 bridgehead atoms. The summed E-state index contributed by atoms with van der Waals surface area (Å²) < 4.78 is 5.71. The fraction of sp³-hybridized carbons (Fsp3) is 0.600. The van der Waals surface area contributed by atoms with Gasteiger partial charge in [-0.3, -0.25) is 0 Å². The summed E-state index contributed by atoms with van der Waals surface area (Å²) in [5, 5.41) is 9.21. The van der Waals surface area contributed by atoms with Gasteiger partial charge in [0.2, 0.25) is 0 Å². The van der Waals surface area contributed by atoms with E-state index >= 15 is 0 Å². The van der Waals surface area contributed by atoms with Gasteiger partial charge in [0.25, 0.3) is 0 Å². The van der Waals surface area contributed by atoms with Crippen molar-refractivity contribution in [2.45, 2.75) is 45.6 Å². The van der Waals surface area contributed by atoms with Crippen LogP contribution >= 0.6 is 0 Å². The lowest BCUT2D eigenvalue weighted by atomic mass is 9.93. The fourth-order valence-electron chi connectivity index (χ4n) is 2.00. The van der Waals surface area contributed by atoms with Crippen molar-refractivity contribution < 1.29 is 9.84 Å². The standard InChI is InChI=1S/C15H25NO2/c1-4-15(16,11-17)6-5-7-18-14-9-12(2)8-13(3)10-14/h8-10,17H,4-7,11,16H2,1-3H3. The van der Waals surface area contributed by atoms with Gasteiger partial charge >= 0.3 is 0 Å². The molecule has 3 nitrogen and oxygen atoms in total. The molecular weight excluding hydrogens is 226 g/mol. The first-order valence-electron chi connectivity index (χ1n) is 6.60. The van der Waals surface area contributed by atoms with Crippen LogP contribution in [-0.4, -0.2) is 23.9 Å². The highest BCUT2D eigenvalue weighted by atomic mass is 16.5. The number of hydrogen-bond acceptors (Lipinski definition) is 3. The van der Waals surface area contributed by atoms with Gasteiger partial charge < -0.3 is 15.6 Å². The molecule has 18 heavy (non-hydrogen) atoms. The second-order valence-corrected chi connectivity index (χ2v) is 5.15. The molecule has 3 N–H and O–H groups in total. The Balaban J connectivity index is 2.38. The van der Waals surface area contributed by atoms with Crippen molar-refractivity contribution in [3.8, 4) is 5.75 Å². The molecule has 0 aliphatic rings. The Morgan fingerprint density at radius 1 is 1.22 bits per heavy atom. The van der Waals surface area contributed by atoms with E-state index in [2.05, 4.69) is 19.9 Å². The van der Waals surface area contributed by atoms with Crippen LogP contribution in [0.15, 0.2) is 18.2 Å². The normalized spacial score (nSPS) is 14.3. The van der Waals surface area contributed by atoms with Crippen LogP contribution in [0.1, 0.15) is 37.3 Å². The molecule has 1 aromatic carbocycles. The van der Waals surface area contributed by atoms with E-state index in [1.807, 2.05) is 19.1 Å². The smallest absolute Gasteiger partial charge is 0.119 e. The van der Waals surface area contributed by atoms with Gasteiger partial charge in [0.1, 0.15) is 5.75 Å². The average Bonchev–Trinajstić information content (AvgIpc) is 2.33. The van der Waals surface area contributed by atoms with Crippen LogP contribution in [0.4, 0.5) is 0 Å². The first-order valence-corrected chi connectivity index (χ1v) is 6.60. The Labute approximate surface area is 110 Å². The third-order valence-corrected chi connectivity index (χ3v) is 3.30. The summed E-state index contributed by atoms with van der Waals surface area (Å²) in [7, 11) is 0. The van der Waals surface area contributed by atoms with E-state index < -0.39 is 5.54 Å². The molecule has 102 valence electrons. The van der Waals surface area contributed by atoms with Gasteiger partial charge in [0.15, 0.2) is 0 Å². The SMILES string of the molecule is CCC(N)(CO)CCCOc1cc(C)cc(C)c1. The molecule has 1 rings (SSSR count). The van der Waals surface area contributed by atoms with Crippen LogP contribution in [0.2, 0.25) is 0 Å². The molecule has 1 aromatic rings. The summed E-state index contributed by atoms with van der Waals surface area (Å²) in [4.78, 5) is 0. The number of benzene rings is 1. The van der Waals surface area contributed by atoms with Crippen molar-refractivity contribution >= 4 is 0 Å². The monoisotopic (exact) mass is 251 g/mol. The topological polar surface area (TPSA) is 55.5 Å². The predicted molar refractivity (Wildman–Crippen MR) is 74.9 cm³/mol. The Bertz CT molecular complexity index is 353. The third kappa shape index (κ3) is 4.67. The Morgan fingerprint density at radius 3 is 2.33 bits per heavy atom. The summed E-state index contributed by atoms with van der Waals surface area (Å²) in [6, 6.07) is 6.20. The predicted octanol–water partition coefficient (Wildman–Crippen LogP) is 2.56. The fourth-order valence-corrected chi connectivity index (χ4v) is 2.00. The van der Waals surface area contributed by atoms with Crippen LogP contribution in [0.3, 0.4) is 0 Å². The Kier molecular flexibility index (Phi) is 5.63. The average molecular weight is 251 g/mol. The van der Waals surface area contributed by atoms with E-state index in [1.54, 1.807) is 0 Å². The van der Waals surface area contributed by atoms with Crippen LogP contribution in [0, 0.1) is 13.8 Å². The minimum atomic E-state index is -0.452. The molecule has 0 radical (unpaired) electrons. The van der Waals surface area contributed by atoms with Gasteiger partial charge in [-0.1, -0.05) is 13.0 Å². The highest BCUT2D eigenvalue weighted by Crippen LogP contribution is 2.18. The van der Waals surface area contributed by atoms with Crippen LogP contribution < -0.4 is 10.5 Å². The zero-order chi connectivity index (χ0) is 13.6. The summed E-state index contributed by atoms with van der Waals surface area (Å²) in [5.74, 6) is 0.913. The minimum Gasteiger partial charge on any atom is -0.494 e. The summed E-state index contributed by atoms with van der Waals surface area (Å²) in [5.41, 5.74) is 7.99. The van der Waals surface area contributed by atoms with Gasteiger partial charge in [-0.05, 0) is 56.4 Å². The van der Waals surface area contributed by atoms with E-state index in [0.29, 0.717) is 6.61 Å². The Hall–Kier alpha value is -1.06. The lowest BCUT2D eigenvalue weighted by Crippen LogP contribution is -2.43. The van der Waals surface area contributed by atoms with Gasteiger partial charge in [-0.2, -0.15) is 0 Å². The van der Waals surface area contributed by atoms with Crippen molar-refractivity contribution in [1.82, 2.24) is 0 Å². The summed E-state index contributed by atoms with van der Waals surface area (Å²) in [6.45, 7) is 6.80.